The molecule has 0 spiro atoms. The average molecular weight is 209 g/mol. The van der Waals surface area contributed by atoms with Gasteiger partial charge in [-0.15, -0.1) is 0 Å². The van der Waals surface area contributed by atoms with Gasteiger partial charge in [0.1, 0.15) is 17.3 Å². The minimum Gasteiger partial charge on any atom is -0.377 e. The molecular formula is C10H12FN3O. The Morgan fingerprint density at radius 1 is 1.40 bits per heavy atom. The van der Waals surface area contributed by atoms with E-state index in [1.54, 1.807) is 0 Å². The van der Waals surface area contributed by atoms with E-state index in [0.717, 1.165) is 0 Å². The van der Waals surface area contributed by atoms with Gasteiger partial charge in [-0.25, -0.2) is 10.2 Å². The van der Waals surface area contributed by atoms with Crippen LogP contribution in [-0.2, 0) is 5.60 Å². The zero-order valence-electron chi connectivity index (χ0n) is 8.07. The van der Waals surface area contributed by atoms with Crippen LogP contribution in [0.4, 0.5) is 4.39 Å². The third-order valence-corrected chi connectivity index (χ3v) is 2.72. The van der Waals surface area contributed by atoms with E-state index in [2.05, 4.69) is 0 Å². The minimum absolute atomic E-state index is 0.0471. The second-order valence-electron chi connectivity index (χ2n) is 3.66. The summed E-state index contributed by atoms with van der Waals surface area (Å²) >= 11 is 0. The van der Waals surface area contributed by atoms with Crippen LogP contribution in [0, 0.1) is 11.2 Å². The van der Waals surface area contributed by atoms with Crippen molar-refractivity contribution in [2.24, 2.45) is 5.84 Å². The normalized spacial score (nSPS) is 26.1. The molecule has 4 nitrogen and oxygen atoms in total. The number of nitrogens with two attached hydrogens (primary N) is 1. The third kappa shape index (κ3) is 1.49. The first-order chi connectivity index (χ1) is 7.04. The highest BCUT2D eigenvalue weighted by Crippen LogP contribution is 2.31. The van der Waals surface area contributed by atoms with E-state index >= 15 is 0 Å². The maximum absolute atomic E-state index is 12.7. The van der Waals surface area contributed by atoms with Gasteiger partial charge in [0, 0.05) is 13.0 Å². The Morgan fingerprint density at radius 2 is 2.00 bits per heavy atom. The van der Waals surface area contributed by atoms with Crippen LogP contribution in [0.1, 0.15) is 12.0 Å². The van der Waals surface area contributed by atoms with Crippen molar-refractivity contribution < 1.29 is 9.50 Å². The molecule has 4 N–H and O–H groups in total. The highest BCUT2D eigenvalue weighted by atomic mass is 19.1. The molecule has 1 aliphatic rings. The number of hydrogen-bond acceptors (Lipinski definition) is 3. The van der Waals surface area contributed by atoms with E-state index in [1.165, 1.54) is 29.3 Å². The molecular weight excluding hydrogens is 197 g/mol. The molecule has 1 unspecified atom stereocenters. The number of rotatable bonds is 1. The highest BCUT2D eigenvalue weighted by Gasteiger charge is 2.42. The van der Waals surface area contributed by atoms with Crippen molar-refractivity contribution in [3.8, 4) is 0 Å². The molecule has 0 bridgehead atoms. The molecule has 1 fully saturated rings. The topological polar surface area (TPSA) is 73.3 Å². The van der Waals surface area contributed by atoms with E-state index in [9.17, 15) is 9.50 Å². The zero-order valence-corrected chi connectivity index (χ0v) is 8.07. The van der Waals surface area contributed by atoms with Gasteiger partial charge in [-0.1, -0.05) is 12.1 Å². The molecule has 1 aromatic rings. The third-order valence-electron chi connectivity index (χ3n) is 2.72. The first-order valence-corrected chi connectivity index (χ1v) is 4.64. The van der Waals surface area contributed by atoms with Gasteiger partial charge in [-0.2, -0.15) is 0 Å². The second-order valence-corrected chi connectivity index (χ2v) is 3.66. The van der Waals surface area contributed by atoms with Crippen molar-refractivity contribution in [1.29, 1.82) is 5.41 Å². The summed E-state index contributed by atoms with van der Waals surface area (Å²) in [6, 6.07) is 5.48. The van der Waals surface area contributed by atoms with Gasteiger partial charge in [-0.05, 0) is 17.7 Å². The zero-order chi connectivity index (χ0) is 11.1. The van der Waals surface area contributed by atoms with Gasteiger partial charge in [0.15, 0.2) is 0 Å². The molecule has 5 heteroatoms. The first-order valence-electron chi connectivity index (χ1n) is 4.64. The summed E-state index contributed by atoms with van der Waals surface area (Å²) in [5.41, 5.74) is -0.871. The van der Waals surface area contributed by atoms with Crippen LogP contribution in [0.25, 0.3) is 0 Å². The summed E-state index contributed by atoms with van der Waals surface area (Å²) in [5.74, 6) is 5.08. The summed E-state index contributed by atoms with van der Waals surface area (Å²) in [6.07, 6.45) is 0.355. The number of hydrazine groups is 1. The Bertz CT molecular complexity index is 392. The molecule has 80 valence electrons. The fraction of sp³-hybridized carbons (Fsp3) is 0.300. The number of amidine groups is 1. The Hall–Kier alpha value is -1.46. The van der Waals surface area contributed by atoms with Gasteiger partial charge >= 0.3 is 0 Å². The molecule has 0 amide bonds. The van der Waals surface area contributed by atoms with Crippen LogP contribution in [0.2, 0.25) is 0 Å². The first kappa shape index (κ1) is 10.1. The summed E-state index contributed by atoms with van der Waals surface area (Å²) in [5, 5.41) is 19.1. The van der Waals surface area contributed by atoms with Crippen LogP contribution in [0.3, 0.4) is 0 Å². The lowest BCUT2D eigenvalue weighted by Gasteiger charge is -2.23. The summed E-state index contributed by atoms with van der Waals surface area (Å²) < 4.78 is 12.7. The summed E-state index contributed by atoms with van der Waals surface area (Å²) in [4.78, 5) is 0. The van der Waals surface area contributed by atoms with E-state index in [1.807, 2.05) is 0 Å². The van der Waals surface area contributed by atoms with Gasteiger partial charge < -0.3 is 5.11 Å². The van der Waals surface area contributed by atoms with Crippen molar-refractivity contribution in [1.82, 2.24) is 5.01 Å². The standard InChI is InChI=1S/C10H12FN3O/c11-8-3-1-7(2-4-8)10(15)5-6-14(13)9(10)12/h1-4,12,15H,5-6,13H2. The fourth-order valence-corrected chi connectivity index (χ4v) is 1.76. The lowest BCUT2D eigenvalue weighted by atomic mass is 9.92. The molecule has 1 aromatic carbocycles. The van der Waals surface area contributed by atoms with E-state index in [0.29, 0.717) is 18.5 Å². The van der Waals surface area contributed by atoms with Crippen molar-refractivity contribution in [2.75, 3.05) is 6.54 Å². The SMILES string of the molecule is N=C1N(N)CCC1(O)c1ccc(F)cc1. The number of halogens is 1. The van der Waals surface area contributed by atoms with E-state index < -0.39 is 5.60 Å². The largest absolute Gasteiger partial charge is 0.377 e. The predicted octanol–water partition coefficient (Wildman–Crippen LogP) is 0.570. The van der Waals surface area contributed by atoms with E-state index in [4.69, 9.17) is 11.3 Å². The number of aliphatic hydroxyl groups is 1. The Kier molecular flexibility index (Phi) is 2.21. The predicted molar refractivity (Wildman–Crippen MR) is 53.5 cm³/mol. The van der Waals surface area contributed by atoms with Gasteiger partial charge in [-0.3, -0.25) is 10.4 Å². The van der Waals surface area contributed by atoms with Crippen molar-refractivity contribution >= 4 is 5.84 Å². The van der Waals surface area contributed by atoms with Gasteiger partial charge in [0.25, 0.3) is 0 Å². The Balaban J connectivity index is 2.38. The summed E-state index contributed by atoms with van der Waals surface area (Å²) in [6.45, 7) is 0.423. The van der Waals surface area contributed by atoms with Crippen LogP contribution in [0.15, 0.2) is 24.3 Å². The van der Waals surface area contributed by atoms with Crippen LogP contribution in [-0.4, -0.2) is 22.5 Å². The monoisotopic (exact) mass is 209 g/mol. The Labute approximate surface area is 86.6 Å². The maximum Gasteiger partial charge on any atom is 0.149 e. The van der Waals surface area contributed by atoms with Crippen molar-refractivity contribution in [3.63, 3.8) is 0 Å². The second kappa shape index (κ2) is 3.29. The van der Waals surface area contributed by atoms with Crippen molar-refractivity contribution in [2.45, 2.75) is 12.0 Å². The molecule has 0 aliphatic carbocycles. The molecule has 1 atom stereocenters. The number of hydrogen-bond donors (Lipinski definition) is 3. The van der Waals surface area contributed by atoms with Gasteiger partial charge in [0.2, 0.25) is 0 Å². The summed E-state index contributed by atoms with van der Waals surface area (Å²) in [7, 11) is 0. The van der Waals surface area contributed by atoms with E-state index in [-0.39, 0.29) is 11.7 Å². The fourth-order valence-electron chi connectivity index (χ4n) is 1.76. The lowest BCUT2D eigenvalue weighted by Crippen LogP contribution is -2.40. The molecule has 1 heterocycles. The molecule has 0 aromatic heterocycles. The van der Waals surface area contributed by atoms with Crippen LogP contribution >= 0.6 is 0 Å². The minimum atomic E-state index is -1.37. The van der Waals surface area contributed by atoms with Gasteiger partial charge in [0.05, 0.1) is 0 Å². The molecule has 1 aliphatic heterocycles. The van der Waals surface area contributed by atoms with Crippen LogP contribution in [0.5, 0.6) is 0 Å². The molecule has 0 saturated carbocycles. The van der Waals surface area contributed by atoms with Crippen molar-refractivity contribution in [3.05, 3.63) is 35.6 Å². The molecule has 15 heavy (non-hydrogen) atoms. The average Bonchev–Trinajstić information content (AvgIpc) is 2.48. The molecule has 1 saturated heterocycles. The number of nitrogens with one attached hydrogen (secondary N) is 1. The quantitative estimate of drug-likeness (QED) is 0.592. The number of nitrogens with zero attached hydrogens (tertiary/aromatic N) is 1. The molecule has 2 rings (SSSR count). The number of benzene rings is 1. The van der Waals surface area contributed by atoms with Crippen LogP contribution < -0.4 is 5.84 Å². The Morgan fingerprint density at radius 3 is 2.47 bits per heavy atom. The highest BCUT2D eigenvalue weighted by molar-refractivity contribution is 5.90. The lowest BCUT2D eigenvalue weighted by molar-refractivity contribution is 0.114. The maximum atomic E-state index is 12.7. The smallest absolute Gasteiger partial charge is 0.149 e. The molecule has 0 radical (unpaired) electrons.